The first-order valence-corrected chi connectivity index (χ1v) is 13.3. The van der Waals surface area contributed by atoms with Gasteiger partial charge >= 0.3 is 10.3 Å². The smallest absolute Gasteiger partial charge is 0.333 e. The van der Waals surface area contributed by atoms with Gasteiger partial charge in [0, 0.05) is 24.4 Å². The average molecular weight is 520 g/mol. The molecule has 0 bridgehead atoms. The zero-order valence-electron chi connectivity index (χ0n) is 20.5. The summed E-state index contributed by atoms with van der Waals surface area (Å²) in [5.74, 6) is 0.246. The molecular weight excluding hydrogens is 486 g/mol. The summed E-state index contributed by atoms with van der Waals surface area (Å²) in [5, 5.41) is 33.9. The number of aliphatic hydroxyl groups excluding tert-OH is 2. The van der Waals surface area contributed by atoms with Gasteiger partial charge in [0.15, 0.2) is 5.65 Å². The fourth-order valence-corrected chi connectivity index (χ4v) is 5.03. The van der Waals surface area contributed by atoms with E-state index in [2.05, 4.69) is 20.6 Å². The standard InChI is InChI=1S/C24H33N5O6S/c1-4-34-24(2,3)17-7-5-6-15(12-17)18-14-21-26-10-8-20(29(21)28-18)27-19-13-16(22(30)23(19)31)9-11-35-36(25,32)33/h5-8,10,12,14,16,19,22-23,27,30-31H,4,9,11,13H2,1-3H3,(H2,25,32,33)/t16-,19+,22+,23-/m0/s1. The topological polar surface area (TPSA) is 161 Å². The quantitative estimate of drug-likeness (QED) is 0.313. The van der Waals surface area contributed by atoms with E-state index in [1.165, 1.54) is 0 Å². The monoisotopic (exact) mass is 519 g/mol. The van der Waals surface area contributed by atoms with Crippen molar-refractivity contribution in [3.05, 3.63) is 48.2 Å². The van der Waals surface area contributed by atoms with E-state index >= 15 is 0 Å². The van der Waals surface area contributed by atoms with Crippen LogP contribution in [0.1, 0.15) is 39.2 Å². The van der Waals surface area contributed by atoms with Crippen LogP contribution in [0.25, 0.3) is 16.9 Å². The third kappa shape index (κ3) is 5.85. The summed E-state index contributed by atoms with van der Waals surface area (Å²) in [6.07, 6.45) is 0.197. The number of ether oxygens (including phenoxy) is 1. The number of hydrogen-bond donors (Lipinski definition) is 4. The highest BCUT2D eigenvalue weighted by Gasteiger charge is 2.41. The Bertz CT molecular complexity index is 1310. The van der Waals surface area contributed by atoms with Gasteiger partial charge in [0.25, 0.3) is 0 Å². The van der Waals surface area contributed by atoms with Crippen LogP contribution in [0, 0.1) is 5.92 Å². The highest BCUT2D eigenvalue weighted by Crippen LogP contribution is 2.33. The minimum atomic E-state index is -4.05. The Morgan fingerprint density at radius 2 is 2.00 bits per heavy atom. The molecule has 4 rings (SSSR count). The molecule has 12 heteroatoms. The molecule has 3 aromatic rings. The summed E-state index contributed by atoms with van der Waals surface area (Å²) < 4.78 is 34.1. The van der Waals surface area contributed by atoms with E-state index < -0.39 is 34.2 Å². The number of nitrogens with two attached hydrogens (primary N) is 1. The Labute approximate surface area is 210 Å². The number of benzene rings is 1. The number of aromatic nitrogens is 3. The number of nitrogens with zero attached hydrogens (tertiary/aromatic N) is 3. The van der Waals surface area contributed by atoms with Crippen molar-refractivity contribution in [1.29, 1.82) is 0 Å². The molecule has 1 aromatic carbocycles. The molecule has 0 saturated heterocycles. The van der Waals surface area contributed by atoms with Crippen molar-refractivity contribution in [3.63, 3.8) is 0 Å². The van der Waals surface area contributed by atoms with E-state index in [-0.39, 0.29) is 18.9 Å². The van der Waals surface area contributed by atoms with E-state index in [1.54, 1.807) is 16.8 Å². The van der Waals surface area contributed by atoms with Crippen molar-refractivity contribution in [3.8, 4) is 11.3 Å². The molecule has 0 aliphatic heterocycles. The molecule has 11 nitrogen and oxygen atoms in total. The van der Waals surface area contributed by atoms with Gasteiger partial charge in [0.1, 0.15) is 11.9 Å². The Morgan fingerprint density at radius 3 is 2.72 bits per heavy atom. The van der Waals surface area contributed by atoms with Crippen molar-refractivity contribution in [2.45, 2.75) is 57.5 Å². The molecule has 0 unspecified atom stereocenters. The number of anilines is 1. The van der Waals surface area contributed by atoms with E-state index in [4.69, 9.17) is 15.0 Å². The van der Waals surface area contributed by atoms with Crippen LogP contribution in [-0.4, -0.2) is 64.7 Å². The van der Waals surface area contributed by atoms with Crippen molar-refractivity contribution >= 4 is 21.8 Å². The first-order chi connectivity index (χ1) is 17.0. The molecule has 0 amide bonds. The minimum Gasteiger partial charge on any atom is -0.390 e. The fourth-order valence-electron chi connectivity index (χ4n) is 4.70. The van der Waals surface area contributed by atoms with E-state index in [1.807, 2.05) is 45.0 Å². The van der Waals surface area contributed by atoms with Crippen LogP contribution in [0.2, 0.25) is 0 Å². The molecular formula is C24H33N5O6S. The largest absolute Gasteiger partial charge is 0.390 e. The highest BCUT2D eigenvalue weighted by atomic mass is 32.2. The van der Waals surface area contributed by atoms with Crippen molar-refractivity contribution in [2.75, 3.05) is 18.5 Å². The molecule has 36 heavy (non-hydrogen) atoms. The van der Waals surface area contributed by atoms with Gasteiger partial charge in [-0.1, -0.05) is 18.2 Å². The number of hydrogen-bond acceptors (Lipinski definition) is 9. The second kappa shape index (κ2) is 10.4. The van der Waals surface area contributed by atoms with E-state index in [0.717, 1.165) is 16.8 Å². The van der Waals surface area contributed by atoms with Gasteiger partial charge in [-0.2, -0.15) is 18.0 Å². The van der Waals surface area contributed by atoms with Crippen LogP contribution in [0.15, 0.2) is 42.6 Å². The van der Waals surface area contributed by atoms with Gasteiger partial charge in [-0.25, -0.2) is 10.1 Å². The summed E-state index contributed by atoms with van der Waals surface area (Å²) in [5.41, 5.74) is 2.87. The van der Waals surface area contributed by atoms with Crippen molar-refractivity contribution < 1.29 is 27.6 Å². The van der Waals surface area contributed by atoms with Gasteiger partial charge < -0.3 is 20.3 Å². The zero-order valence-corrected chi connectivity index (χ0v) is 21.4. The average Bonchev–Trinajstić information content (AvgIpc) is 3.36. The predicted molar refractivity (Wildman–Crippen MR) is 134 cm³/mol. The van der Waals surface area contributed by atoms with E-state index in [9.17, 15) is 18.6 Å². The third-order valence-corrected chi connectivity index (χ3v) is 7.08. The predicted octanol–water partition coefficient (Wildman–Crippen LogP) is 1.80. The van der Waals surface area contributed by atoms with Gasteiger partial charge in [0.2, 0.25) is 0 Å². The van der Waals surface area contributed by atoms with Gasteiger partial charge in [-0.15, -0.1) is 0 Å². The van der Waals surface area contributed by atoms with Gasteiger partial charge in [-0.3, -0.25) is 4.18 Å². The molecule has 1 aliphatic carbocycles. The summed E-state index contributed by atoms with van der Waals surface area (Å²) in [6.45, 7) is 6.46. The molecule has 0 radical (unpaired) electrons. The number of nitrogens with one attached hydrogen (secondary N) is 1. The number of rotatable bonds is 10. The highest BCUT2D eigenvalue weighted by molar-refractivity contribution is 7.84. The Kier molecular flexibility index (Phi) is 7.64. The SMILES string of the molecule is CCOC(C)(C)c1cccc(-c2cc3nccc(N[C@@H]4C[C@H](CCOS(N)(=O)=O)[C@@H](O)[C@H]4O)n3n2)c1. The lowest BCUT2D eigenvalue weighted by molar-refractivity contribution is -0.0139. The summed E-state index contributed by atoms with van der Waals surface area (Å²) >= 11 is 0. The maximum atomic E-state index is 11.0. The lowest BCUT2D eigenvalue weighted by atomic mass is 9.95. The van der Waals surface area contributed by atoms with Crippen molar-refractivity contribution in [1.82, 2.24) is 14.6 Å². The van der Waals surface area contributed by atoms with Crippen LogP contribution in [0.5, 0.6) is 0 Å². The molecule has 0 spiro atoms. The maximum absolute atomic E-state index is 11.0. The number of fused-ring (bicyclic) bond motifs is 1. The summed E-state index contributed by atoms with van der Waals surface area (Å²) in [6, 6.07) is 11.2. The summed E-state index contributed by atoms with van der Waals surface area (Å²) in [4.78, 5) is 4.41. The zero-order chi connectivity index (χ0) is 26.1. The van der Waals surface area contributed by atoms with Crippen molar-refractivity contribution in [2.24, 2.45) is 11.1 Å². The molecule has 1 saturated carbocycles. The van der Waals surface area contributed by atoms with Crippen LogP contribution >= 0.6 is 0 Å². The number of aliphatic hydroxyl groups is 2. The second-order valence-electron chi connectivity index (χ2n) is 9.49. The fraction of sp³-hybridized carbons (Fsp3) is 0.500. The molecule has 2 aromatic heterocycles. The minimum absolute atomic E-state index is 0.165. The van der Waals surface area contributed by atoms with Gasteiger partial charge in [-0.05, 0) is 57.2 Å². The molecule has 4 atom stereocenters. The maximum Gasteiger partial charge on any atom is 0.333 e. The molecule has 5 N–H and O–H groups in total. The van der Waals surface area contributed by atoms with Crippen LogP contribution < -0.4 is 10.5 Å². The first kappa shape index (κ1) is 26.5. The Morgan fingerprint density at radius 1 is 1.22 bits per heavy atom. The van der Waals surface area contributed by atoms with Crippen LogP contribution in [0.3, 0.4) is 0 Å². The third-order valence-electron chi connectivity index (χ3n) is 6.59. The Hall–Kier alpha value is -2.61. The molecule has 1 aliphatic rings. The lowest BCUT2D eigenvalue weighted by Crippen LogP contribution is -2.35. The first-order valence-electron chi connectivity index (χ1n) is 11.9. The molecule has 196 valence electrons. The van der Waals surface area contributed by atoms with Crippen LogP contribution in [0.4, 0.5) is 5.82 Å². The molecule has 2 heterocycles. The summed E-state index contributed by atoms with van der Waals surface area (Å²) in [7, 11) is -4.05. The molecule has 1 fully saturated rings. The lowest BCUT2D eigenvalue weighted by Gasteiger charge is -2.25. The van der Waals surface area contributed by atoms with E-state index in [0.29, 0.717) is 24.5 Å². The normalized spacial score (nSPS) is 22.8. The second-order valence-corrected chi connectivity index (χ2v) is 10.7. The Balaban J connectivity index is 1.54. The van der Waals surface area contributed by atoms with Crippen LogP contribution in [-0.2, 0) is 24.8 Å². The van der Waals surface area contributed by atoms with Gasteiger partial charge in [0.05, 0.1) is 30.0 Å².